The molecule has 0 radical (unpaired) electrons. The van der Waals surface area contributed by atoms with Crippen LogP contribution in [0.2, 0.25) is 0 Å². The Balaban J connectivity index is 0.00000192. The number of halogens is 1. The average Bonchev–Trinajstić information content (AvgIpc) is 3.25. The highest BCUT2D eigenvalue weighted by atomic mass is 35.5. The second-order valence-electron chi connectivity index (χ2n) is 6.54. The van der Waals surface area contributed by atoms with Gasteiger partial charge in [-0.1, -0.05) is 0 Å². The molecule has 23 heavy (non-hydrogen) atoms. The number of nitrogens with zero attached hydrogens (tertiary/aromatic N) is 2. The minimum Gasteiger partial charge on any atom is -0.368 e. The van der Waals surface area contributed by atoms with Gasteiger partial charge in [-0.3, -0.25) is 9.59 Å². The number of rotatable bonds is 4. The summed E-state index contributed by atoms with van der Waals surface area (Å²) in [4.78, 5) is 28.3. The fraction of sp³-hybridized carbons (Fsp3) is 0.875. The molecule has 6 nitrogen and oxygen atoms in total. The first-order chi connectivity index (χ1) is 10.7. The van der Waals surface area contributed by atoms with Crippen molar-refractivity contribution in [3.05, 3.63) is 0 Å². The van der Waals surface area contributed by atoms with Crippen LogP contribution in [0, 0.1) is 0 Å². The molecule has 0 bridgehead atoms. The maximum atomic E-state index is 12.3. The molecule has 0 aromatic rings. The summed E-state index contributed by atoms with van der Waals surface area (Å²) < 4.78 is 5.46. The lowest BCUT2D eigenvalue weighted by atomic mass is 10.1. The Morgan fingerprint density at radius 3 is 2.39 bits per heavy atom. The van der Waals surface area contributed by atoms with Gasteiger partial charge in [-0.25, -0.2) is 0 Å². The number of carbonyl (C=O) groups excluding carboxylic acids is 2. The van der Waals surface area contributed by atoms with Crippen LogP contribution in [-0.4, -0.2) is 73.1 Å². The predicted molar refractivity (Wildman–Crippen MR) is 89.6 cm³/mol. The zero-order chi connectivity index (χ0) is 15.4. The second kappa shape index (κ2) is 8.85. The smallest absolute Gasteiger partial charge is 0.251 e. The molecule has 3 fully saturated rings. The SMILES string of the molecule is Cl.O=C(CCC1CCCN1)N1CCN(C(=O)C2CCCO2)CC1. The molecule has 1 N–H and O–H groups in total. The van der Waals surface area contributed by atoms with Crippen molar-refractivity contribution < 1.29 is 14.3 Å². The number of piperazine rings is 1. The number of carbonyl (C=O) groups is 2. The largest absolute Gasteiger partial charge is 0.368 e. The molecular weight excluding hydrogens is 318 g/mol. The van der Waals surface area contributed by atoms with Gasteiger partial charge in [-0.05, 0) is 38.6 Å². The van der Waals surface area contributed by atoms with E-state index in [-0.39, 0.29) is 30.3 Å². The lowest BCUT2D eigenvalue weighted by molar-refractivity contribution is -0.146. The minimum atomic E-state index is -0.240. The molecule has 0 saturated carbocycles. The first-order valence-electron chi connectivity index (χ1n) is 8.65. The number of nitrogens with one attached hydrogen (secondary N) is 1. The van der Waals surface area contributed by atoms with Crippen LogP contribution in [0.25, 0.3) is 0 Å². The first kappa shape index (κ1) is 18.5. The average molecular weight is 346 g/mol. The molecule has 2 atom stereocenters. The Bertz CT molecular complexity index is 401. The quantitative estimate of drug-likeness (QED) is 0.818. The molecule has 132 valence electrons. The summed E-state index contributed by atoms with van der Waals surface area (Å²) in [5, 5.41) is 3.43. The normalized spacial score (nSPS) is 27.8. The molecule has 3 heterocycles. The molecule has 3 rings (SSSR count). The van der Waals surface area contributed by atoms with Gasteiger partial charge < -0.3 is 19.9 Å². The van der Waals surface area contributed by atoms with Crippen molar-refractivity contribution >= 4 is 24.2 Å². The summed E-state index contributed by atoms with van der Waals surface area (Å²) in [7, 11) is 0. The fourth-order valence-electron chi connectivity index (χ4n) is 3.61. The zero-order valence-electron chi connectivity index (χ0n) is 13.7. The van der Waals surface area contributed by atoms with Gasteiger partial charge in [0.05, 0.1) is 0 Å². The third-order valence-corrected chi connectivity index (χ3v) is 5.02. The van der Waals surface area contributed by atoms with E-state index in [0.29, 0.717) is 45.2 Å². The minimum absolute atomic E-state index is 0. The van der Waals surface area contributed by atoms with Gasteiger partial charge in [-0.2, -0.15) is 0 Å². The van der Waals surface area contributed by atoms with Crippen LogP contribution in [0.15, 0.2) is 0 Å². The van der Waals surface area contributed by atoms with Crippen molar-refractivity contribution in [2.75, 3.05) is 39.3 Å². The molecule has 3 aliphatic rings. The molecule has 3 saturated heterocycles. The van der Waals surface area contributed by atoms with E-state index in [4.69, 9.17) is 4.74 Å². The topological polar surface area (TPSA) is 61.9 Å². The summed E-state index contributed by atoms with van der Waals surface area (Å²) >= 11 is 0. The van der Waals surface area contributed by atoms with Gasteiger partial charge in [0.25, 0.3) is 5.91 Å². The summed E-state index contributed by atoms with van der Waals surface area (Å²) in [6, 6.07) is 0.520. The molecule has 0 aromatic heterocycles. The predicted octanol–water partition coefficient (Wildman–Crippen LogP) is 0.790. The maximum absolute atomic E-state index is 12.3. The van der Waals surface area contributed by atoms with Crippen LogP contribution in [0.1, 0.15) is 38.5 Å². The van der Waals surface area contributed by atoms with Crippen LogP contribution < -0.4 is 5.32 Å². The van der Waals surface area contributed by atoms with Crippen molar-refractivity contribution in [1.29, 1.82) is 0 Å². The van der Waals surface area contributed by atoms with Gasteiger partial charge in [-0.15, -0.1) is 12.4 Å². The van der Waals surface area contributed by atoms with Crippen LogP contribution in [0.5, 0.6) is 0 Å². The molecule has 0 spiro atoms. The lowest BCUT2D eigenvalue weighted by Gasteiger charge is -2.36. The Labute approximate surface area is 144 Å². The van der Waals surface area contributed by atoms with Crippen LogP contribution in [-0.2, 0) is 14.3 Å². The molecule has 7 heteroatoms. The monoisotopic (exact) mass is 345 g/mol. The van der Waals surface area contributed by atoms with E-state index in [1.807, 2.05) is 9.80 Å². The number of ether oxygens (including phenoxy) is 1. The maximum Gasteiger partial charge on any atom is 0.251 e. The highest BCUT2D eigenvalue weighted by Crippen LogP contribution is 2.17. The highest BCUT2D eigenvalue weighted by molar-refractivity contribution is 5.85. The van der Waals surface area contributed by atoms with Gasteiger partial charge in [0.15, 0.2) is 0 Å². The van der Waals surface area contributed by atoms with Gasteiger partial charge in [0.2, 0.25) is 5.91 Å². The molecule has 2 amide bonds. The van der Waals surface area contributed by atoms with E-state index in [0.717, 1.165) is 25.8 Å². The number of amides is 2. The molecule has 2 unspecified atom stereocenters. The second-order valence-corrected chi connectivity index (χ2v) is 6.54. The summed E-state index contributed by atoms with van der Waals surface area (Å²) in [6.45, 7) is 4.40. The first-order valence-corrected chi connectivity index (χ1v) is 8.65. The van der Waals surface area contributed by atoms with E-state index < -0.39 is 0 Å². The Kier molecular flexibility index (Phi) is 7.11. The number of hydrogen-bond donors (Lipinski definition) is 1. The highest BCUT2D eigenvalue weighted by Gasteiger charge is 2.31. The standard InChI is InChI=1S/C16H27N3O3.ClH/c20-15(6-5-13-3-1-7-17-13)18-8-10-19(11-9-18)16(21)14-4-2-12-22-14;/h13-14,17H,1-12H2;1H. The van der Waals surface area contributed by atoms with E-state index in [2.05, 4.69) is 5.32 Å². The van der Waals surface area contributed by atoms with Crippen LogP contribution in [0.4, 0.5) is 0 Å². The van der Waals surface area contributed by atoms with E-state index in [9.17, 15) is 9.59 Å². The summed E-state index contributed by atoms with van der Waals surface area (Å²) in [5.74, 6) is 0.345. The van der Waals surface area contributed by atoms with E-state index in [1.54, 1.807) is 0 Å². The molecule has 0 aromatic carbocycles. The molecule has 3 aliphatic heterocycles. The van der Waals surface area contributed by atoms with Crippen molar-refractivity contribution in [3.8, 4) is 0 Å². The third kappa shape index (κ3) is 4.81. The van der Waals surface area contributed by atoms with E-state index >= 15 is 0 Å². The van der Waals surface area contributed by atoms with Crippen molar-refractivity contribution in [2.24, 2.45) is 0 Å². The Morgan fingerprint density at radius 1 is 1.04 bits per heavy atom. The van der Waals surface area contributed by atoms with Crippen LogP contribution in [0.3, 0.4) is 0 Å². The van der Waals surface area contributed by atoms with Gasteiger partial charge >= 0.3 is 0 Å². The fourth-order valence-corrected chi connectivity index (χ4v) is 3.61. The van der Waals surface area contributed by atoms with Crippen molar-refractivity contribution in [2.45, 2.75) is 50.7 Å². The Morgan fingerprint density at radius 2 is 1.78 bits per heavy atom. The summed E-state index contributed by atoms with van der Waals surface area (Å²) in [5.41, 5.74) is 0. The van der Waals surface area contributed by atoms with Crippen molar-refractivity contribution in [3.63, 3.8) is 0 Å². The molecule has 0 aliphatic carbocycles. The van der Waals surface area contributed by atoms with Gasteiger partial charge in [0.1, 0.15) is 6.10 Å². The van der Waals surface area contributed by atoms with Crippen LogP contribution >= 0.6 is 12.4 Å². The Hall–Kier alpha value is -0.850. The zero-order valence-corrected chi connectivity index (χ0v) is 14.5. The van der Waals surface area contributed by atoms with E-state index in [1.165, 1.54) is 12.8 Å². The third-order valence-electron chi connectivity index (χ3n) is 5.02. The van der Waals surface area contributed by atoms with Gasteiger partial charge in [0, 0.05) is 45.2 Å². The summed E-state index contributed by atoms with van der Waals surface area (Å²) in [6.07, 6.45) is 5.55. The number of hydrogen-bond acceptors (Lipinski definition) is 4. The molecular formula is C16H28ClN3O3. The van der Waals surface area contributed by atoms with Crippen molar-refractivity contribution in [1.82, 2.24) is 15.1 Å². The lowest BCUT2D eigenvalue weighted by Crippen LogP contribution is -2.52.